The van der Waals surface area contributed by atoms with Crippen molar-refractivity contribution in [3.05, 3.63) is 29.8 Å². The van der Waals surface area contributed by atoms with E-state index in [1.165, 1.54) is 5.56 Å². The number of Topliss-reactive ketones (excluding diaryl/α,β-unsaturated/α-hetero) is 1. The van der Waals surface area contributed by atoms with Crippen LogP contribution < -0.4 is 5.32 Å². The van der Waals surface area contributed by atoms with E-state index in [1.807, 2.05) is 26.2 Å². The summed E-state index contributed by atoms with van der Waals surface area (Å²) in [6.07, 6.45) is 0.560. The van der Waals surface area contributed by atoms with E-state index in [4.69, 9.17) is 0 Å². The Balaban J connectivity index is 2.47. The highest BCUT2D eigenvalue weighted by Crippen LogP contribution is 2.40. The van der Waals surface area contributed by atoms with Crippen molar-refractivity contribution in [2.75, 3.05) is 26.0 Å². The SMILES string of the molecule is CC(=O)CC1(N(C)C)CNc2ccccc21. The molecule has 0 aromatic heterocycles. The zero-order chi connectivity index (χ0) is 11.8. The number of carbonyl (C=O) groups is 1. The number of nitrogens with zero attached hydrogens (tertiary/aromatic N) is 1. The molecule has 1 aromatic carbocycles. The lowest BCUT2D eigenvalue weighted by Crippen LogP contribution is -2.44. The molecule has 1 N–H and O–H groups in total. The van der Waals surface area contributed by atoms with E-state index < -0.39 is 0 Å². The van der Waals surface area contributed by atoms with Crippen molar-refractivity contribution < 1.29 is 4.79 Å². The zero-order valence-corrected chi connectivity index (χ0v) is 10.1. The van der Waals surface area contributed by atoms with Crippen LogP contribution >= 0.6 is 0 Å². The first-order chi connectivity index (χ1) is 7.56. The number of fused-ring (bicyclic) bond motifs is 1. The second-order valence-electron chi connectivity index (χ2n) is 4.70. The zero-order valence-electron chi connectivity index (χ0n) is 10.1. The van der Waals surface area contributed by atoms with Crippen LogP contribution in [0.15, 0.2) is 24.3 Å². The van der Waals surface area contributed by atoms with Gasteiger partial charge in [0, 0.05) is 18.7 Å². The normalized spacial score (nSPS) is 23.0. The monoisotopic (exact) mass is 218 g/mol. The topological polar surface area (TPSA) is 32.3 Å². The van der Waals surface area contributed by atoms with E-state index in [0.717, 1.165) is 12.2 Å². The smallest absolute Gasteiger partial charge is 0.132 e. The first kappa shape index (κ1) is 11.1. The Morgan fingerprint density at radius 2 is 2.12 bits per heavy atom. The fourth-order valence-electron chi connectivity index (χ4n) is 2.51. The maximum Gasteiger partial charge on any atom is 0.132 e. The third kappa shape index (κ3) is 1.61. The predicted molar refractivity (Wildman–Crippen MR) is 65.6 cm³/mol. The first-order valence-corrected chi connectivity index (χ1v) is 5.56. The highest BCUT2D eigenvalue weighted by Gasteiger charge is 2.41. The van der Waals surface area contributed by atoms with Crippen molar-refractivity contribution in [2.24, 2.45) is 0 Å². The van der Waals surface area contributed by atoms with Crippen molar-refractivity contribution in [1.82, 2.24) is 4.90 Å². The van der Waals surface area contributed by atoms with E-state index in [0.29, 0.717) is 6.42 Å². The number of hydrogen-bond donors (Lipinski definition) is 1. The predicted octanol–water partition coefficient (Wildman–Crippen LogP) is 1.85. The third-order valence-electron chi connectivity index (χ3n) is 3.40. The maximum absolute atomic E-state index is 11.5. The van der Waals surface area contributed by atoms with E-state index in [2.05, 4.69) is 22.3 Å². The van der Waals surface area contributed by atoms with Gasteiger partial charge in [-0.1, -0.05) is 18.2 Å². The van der Waals surface area contributed by atoms with E-state index in [-0.39, 0.29) is 11.3 Å². The van der Waals surface area contributed by atoms with Crippen molar-refractivity contribution in [3.63, 3.8) is 0 Å². The Morgan fingerprint density at radius 3 is 2.75 bits per heavy atom. The van der Waals surface area contributed by atoms with Crippen LogP contribution in [0.2, 0.25) is 0 Å². The third-order valence-corrected chi connectivity index (χ3v) is 3.40. The molecule has 0 radical (unpaired) electrons. The van der Waals surface area contributed by atoms with Crippen LogP contribution in [0, 0.1) is 0 Å². The molecule has 86 valence electrons. The van der Waals surface area contributed by atoms with Crippen LogP contribution in [0.4, 0.5) is 5.69 Å². The number of rotatable bonds is 3. The number of carbonyl (C=O) groups excluding carboxylic acids is 1. The van der Waals surface area contributed by atoms with Gasteiger partial charge in [0.2, 0.25) is 0 Å². The molecule has 16 heavy (non-hydrogen) atoms. The summed E-state index contributed by atoms with van der Waals surface area (Å²) in [6.45, 7) is 2.46. The molecule has 1 aromatic rings. The Labute approximate surface area is 96.5 Å². The fraction of sp³-hybridized carbons (Fsp3) is 0.462. The molecule has 0 spiro atoms. The molecule has 1 aliphatic heterocycles. The molecule has 1 aliphatic rings. The molecule has 0 aliphatic carbocycles. The molecular formula is C13H18N2O. The Bertz CT molecular complexity index is 414. The van der Waals surface area contributed by atoms with Gasteiger partial charge >= 0.3 is 0 Å². The number of benzene rings is 1. The van der Waals surface area contributed by atoms with Crippen LogP contribution in [0.1, 0.15) is 18.9 Å². The van der Waals surface area contributed by atoms with Gasteiger partial charge in [-0.3, -0.25) is 9.69 Å². The van der Waals surface area contributed by atoms with Crippen molar-refractivity contribution in [1.29, 1.82) is 0 Å². The molecule has 3 nitrogen and oxygen atoms in total. The fourth-order valence-corrected chi connectivity index (χ4v) is 2.51. The number of nitrogens with one attached hydrogen (secondary N) is 1. The molecule has 0 bridgehead atoms. The van der Waals surface area contributed by atoms with Gasteiger partial charge in [0.05, 0.1) is 5.54 Å². The van der Waals surface area contributed by atoms with Crippen LogP contribution in [0.5, 0.6) is 0 Å². The molecule has 1 atom stereocenters. The van der Waals surface area contributed by atoms with Gasteiger partial charge in [0.15, 0.2) is 0 Å². The lowest BCUT2D eigenvalue weighted by atomic mass is 9.86. The molecule has 0 saturated heterocycles. The van der Waals surface area contributed by atoms with Gasteiger partial charge in [0.1, 0.15) is 5.78 Å². The summed E-state index contributed by atoms with van der Waals surface area (Å²) in [5.74, 6) is 0.229. The summed E-state index contributed by atoms with van der Waals surface area (Å²) in [5.41, 5.74) is 2.20. The second-order valence-corrected chi connectivity index (χ2v) is 4.70. The summed E-state index contributed by atoms with van der Waals surface area (Å²) >= 11 is 0. The van der Waals surface area contributed by atoms with Crippen LogP contribution in [0.3, 0.4) is 0 Å². The van der Waals surface area contributed by atoms with Crippen LogP contribution in [0.25, 0.3) is 0 Å². The highest BCUT2D eigenvalue weighted by atomic mass is 16.1. The minimum absolute atomic E-state index is 0.178. The van der Waals surface area contributed by atoms with E-state index >= 15 is 0 Å². The molecular weight excluding hydrogens is 200 g/mol. The summed E-state index contributed by atoms with van der Waals surface area (Å²) in [6, 6.07) is 8.23. The number of hydrogen-bond acceptors (Lipinski definition) is 3. The van der Waals surface area contributed by atoms with Crippen LogP contribution in [-0.4, -0.2) is 31.3 Å². The van der Waals surface area contributed by atoms with Crippen molar-refractivity contribution in [3.8, 4) is 0 Å². The quantitative estimate of drug-likeness (QED) is 0.840. The molecule has 1 heterocycles. The summed E-state index contributed by atoms with van der Waals surface area (Å²) in [4.78, 5) is 13.6. The maximum atomic E-state index is 11.5. The molecule has 2 rings (SSSR count). The Kier molecular flexibility index (Phi) is 2.72. The first-order valence-electron chi connectivity index (χ1n) is 5.56. The molecule has 0 fully saturated rings. The Hall–Kier alpha value is -1.35. The number of ketones is 1. The molecule has 0 amide bonds. The number of anilines is 1. The number of likely N-dealkylation sites (N-methyl/N-ethyl adjacent to an activating group) is 1. The average Bonchev–Trinajstić information content (AvgIpc) is 2.58. The van der Waals surface area contributed by atoms with Gasteiger partial charge in [-0.2, -0.15) is 0 Å². The van der Waals surface area contributed by atoms with Crippen molar-refractivity contribution >= 4 is 11.5 Å². The second kappa shape index (κ2) is 3.91. The van der Waals surface area contributed by atoms with E-state index in [9.17, 15) is 4.79 Å². The lowest BCUT2D eigenvalue weighted by Gasteiger charge is -2.35. The summed E-state index contributed by atoms with van der Waals surface area (Å²) in [7, 11) is 4.07. The molecule has 1 unspecified atom stereocenters. The van der Waals surface area contributed by atoms with Gasteiger partial charge < -0.3 is 5.32 Å². The number of para-hydroxylation sites is 1. The Morgan fingerprint density at radius 1 is 1.44 bits per heavy atom. The standard InChI is InChI=1S/C13H18N2O/c1-10(16)8-13(15(2)3)9-14-12-7-5-4-6-11(12)13/h4-7,14H,8-9H2,1-3H3. The summed E-state index contributed by atoms with van der Waals surface area (Å²) in [5, 5.41) is 3.38. The molecule has 3 heteroatoms. The van der Waals surface area contributed by atoms with Crippen molar-refractivity contribution in [2.45, 2.75) is 18.9 Å². The van der Waals surface area contributed by atoms with Crippen LogP contribution in [-0.2, 0) is 10.3 Å². The summed E-state index contributed by atoms with van der Waals surface area (Å²) < 4.78 is 0. The van der Waals surface area contributed by atoms with Gasteiger partial charge in [-0.15, -0.1) is 0 Å². The van der Waals surface area contributed by atoms with Gasteiger partial charge in [0.25, 0.3) is 0 Å². The molecule has 0 saturated carbocycles. The van der Waals surface area contributed by atoms with Gasteiger partial charge in [-0.05, 0) is 32.6 Å². The largest absolute Gasteiger partial charge is 0.383 e. The highest BCUT2D eigenvalue weighted by molar-refractivity contribution is 5.78. The minimum Gasteiger partial charge on any atom is -0.383 e. The average molecular weight is 218 g/mol. The van der Waals surface area contributed by atoms with E-state index in [1.54, 1.807) is 6.92 Å². The lowest BCUT2D eigenvalue weighted by molar-refractivity contribution is -0.119. The van der Waals surface area contributed by atoms with Gasteiger partial charge in [-0.25, -0.2) is 0 Å². The minimum atomic E-state index is -0.178.